The maximum absolute atomic E-state index is 5.85. The van der Waals surface area contributed by atoms with Crippen LogP contribution < -0.4 is 10.5 Å². The lowest BCUT2D eigenvalue weighted by Crippen LogP contribution is -2.17. The van der Waals surface area contributed by atoms with Crippen LogP contribution in [0.15, 0.2) is 21.1 Å². The molecular weight excluding hydrogens is 370 g/mol. The van der Waals surface area contributed by atoms with E-state index in [0.717, 1.165) is 34.1 Å². The molecule has 0 aliphatic carbocycles. The Morgan fingerprint density at radius 2 is 1.79 bits per heavy atom. The number of benzene rings is 1. The van der Waals surface area contributed by atoms with Crippen molar-refractivity contribution in [1.82, 2.24) is 0 Å². The van der Waals surface area contributed by atoms with Crippen molar-refractivity contribution in [2.45, 2.75) is 52.0 Å². The summed E-state index contributed by atoms with van der Waals surface area (Å²) in [5.74, 6) is 0.893. The normalized spacial score (nSPS) is 12.5. The Morgan fingerprint density at radius 1 is 1.16 bits per heavy atom. The fourth-order valence-electron chi connectivity index (χ4n) is 1.94. The van der Waals surface area contributed by atoms with Crippen molar-refractivity contribution in [2.24, 2.45) is 5.73 Å². The number of rotatable bonds is 8. The average Bonchev–Trinajstić information content (AvgIpc) is 2.31. The van der Waals surface area contributed by atoms with Gasteiger partial charge in [0.15, 0.2) is 0 Å². The quantitative estimate of drug-likeness (QED) is 0.627. The van der Waals surface area contributed by atoms with E-state index in [1.165, 1.54) is 24.8 Å². The van der Waals surface area contributed by atoms with Crippen LogP contribution in [0.2, 0.25) is 0 Å². The molecule has 1 unspecified atom stereocenters. The highest BCUT2D eigenvalue weighted by molar-refractivity contribution is 9.11. The third-order valence-electron chi connectivity index (χ3n) is 2.86. The van der Waals surface area contributed by atoms with Gasteiger partial charge in [0.25, 0.3) is 0 Å². The second-order valence-corrected chi connectivity index (χ2v) is 6.69. The predicted molar refractivity (Wildman–Crippen MR) is 88.8 cm³/mol. The van der Waals surface area contributed by atoms with Crippen LogP contribution >= 0.6 is 31.9 Å². The zero-order valence-electron chi connectivity index (χ0n) is 11.7. The predicted octanol–water partition coefficient (Wildman–Crippen LogP) is 5.06. The number of halogens is 2. The molecule has 1 aromatic carbocycles. The zero-order valence-corrected chi connectivity index (χ0v) is 14.9. The van der Waals surface area contributed by atoms with Crippen molar-refractivity contribution in [3.63, 3.8) is 0 Å². The van der Waals surface area contributed by atoms with E-state index in [0.29, 0.717) is 0 Å². The summed E-state index contributed by atoms with van der Waals surface area (Å²) in [5.41, 5.74) is 7.04. The van der Waals surface area contributed by atoms with Gasteiger partial charge in [0, 0.05) is 6.04 Å². The molecule has 19 heavy (non-hydrogen) atoms. The molecule has 0 spiro atoms. The SMILES string of the molecule is CCCCCCOc1c(Br)cc(CC(C)N)cc1Br. The van der Waals surface area contributed by atoms with Crippen LogP contribution in [-0.4, -0.2) is 12.6 Å². The highest BCUT2D eigenvalue weighted by Gasteiger charge is 2.10. The minimum Gasteiger partial charge on any atom is -0.491 e. The molecule has 4 heteroatoms. The van der Waals surface area contributed by atoms with Crippen LogP contribution in [0.5, 0.6) is 5.75 Å². The van der Waals surface area contributed by atoms with E-state index in [1.807, 2.05) is 6.92 Å². The Kier molecular flexibility index (Phi) is 8.03. The Balaban J connectivity index is 2.59. The molecule has 0 saturated carbocycles. The Hall–Kier alpha value is -0.0600. The van der Waals surface area contributed by atoms with E-state index >= 15 is 0 Å². The number of hydrogen-bond donors (Lipinski definition) is 1. The molecule has 0 saturated heterocycles. The van der Waals surface area contributed by atoms with Crippen molar-refractivity contribution in [3.05, 3.63) is 26.6 Å². The molecule has 0 aliphatic rings. The maximum atomic E-state index is 5.85. The van der Waals surface area contributed by atoms with Crippen molar-refractivity contribution in [1.29, 1.82) is 0 Å². The van der Waals surface area contributed by atoms with Crippen LogP contribution in [-0.2, 0) is 6.42 Å². The van der Waals surface area contributed by atoms with Crippen LogP contribution in [0.25, 0.3) is 0 Å². The molecule has 0 aliphatic heterocycles. The van der Waals surface area contributed by atoms with Gasteiger partial charge < -0.3 is 10.5 Å². The first kappa shape index (κ1) is 17.0. The lowest BCUT2D eigenvalue weighted by Gasteiger charge is -2.13. The third kappa shape index (κ3) is 6.28. The van der Waals surface area contributed by atoms with E-state index in [-0.39, 0.29) is 6.04 Å². The number of nitrogens with two attached hydrogens (primary N) is 1. The molecule has 0 aromatic heterocycles. The van der Waals surface area contributed by atoms with Gasteiger partial charge in [-0.05, 0) is 69.3 Å². The molecule has 2 N–H and O–H groups in total. The van der Waals surface area contributed by atoms with Gasteiger partial charge in [-0.1, -0.05) is 26.2 Å². The Labute approximate surface area is 133 Å². The smallest absolute Gasteiger partial charge is 0.147 e. The van der Waals surface area contributed by atoms with Gasteiger partial charge in [0.1, 0.15) is 5.75 Å². The molecule has 0 amide bonds. The molecular formula is C15H23Br2NO. The maximum Gasteiger partial charge on any atom is 0.147 e. The van der Waals surface area contributed by atoms with Gasteiger partial charge in [-0.25, -0.2) is 0 Å². The van der Waals surface area contributed by atoms with E-state index in [2.05, 4.69) is 50.9 Å². The van der Waals surface area contributed by atoms with Crippen LogP contribution in [0.1, 0.15) is 45.1 Å². The topological polar surface area (TPSA) is 35.2 Å². The first-order valence-electron chi connectivity index (χ1n) is 6.91. The van der Waals surface area contributed by atoms with Gasteiger partial charge in [0.05, 0.1) is 15.6 Å². The van der Waals surface area contributed by atoms with Crippen LogP contribution in [0, 0.1) is 0 Å². The highest BCUT2D eigenvalue weighted by atomic mass is 79.9. The van der Waals surface area contributed by atoms with E-state index in [1.54, 1.807) is 0 Å². The van der Waals surface area contributed by atoms with E-state index in [9.17, 15) is 0 Å². The Bertz CT molecular complexity index is 371. The van der Waals surface area contributed by atoms with Gasteiger partial charge in [0.2, 0.25) is 0 Å². The molecule has 0 radical (unpaired) electrons. The zero-order chi connectivity index (χ0) is 14.3. The second-order valence-electron chi connectivity index (χ2n) is 4.98. The summed E-state index contributed by atoms with van der Waals surface area (Å²) in [6.45, 7) is 5.00. The third-order valence-corrected chi connectivity index (χ3v) is 4.04. The largest absolute Gasteiger partial charge is 0.491 e. The monoisotopic (exact) mass is 391 g/mol. The number of unbranched alkanes of at least 4 members (excludes halogenated alkanes) is 3. The van der Waals surface area contributed by atoms with Crippen molar-refractivity contribution in [3.8, 4) is 5.75 Å². The lowest BCUT2D eigenvalue weighted by molar-refractivity contribution is 0.301. The van der Waals surface area contributed by atoms with E-state index < -0.39 is 0 Å². The summed E-state index contributed by atoms with van der Waals surface area (Å²) in [6.07, 6.45) is 5.73. The van der Waals surface area contributed by atoms with Gasteiger partial charge in [-0.3, -0.25) is 0 Å². The molecule has 0 fully saturated rings. The highest BCUT2D eigenvalue weighted by Crippen LogP contribution is 2.35. The molecule has 2 nitrogen and oxygen atoms in total. The molecule has 1 rings (SSSR count). The van der Waals surface area contributed by atoms with Crippen molar-refractivity contribution < 1.29 is 4.74 Å². The summed E-state index contributed by atoms with van der Waals surface area (Å²) in [5, 5.41) is 0. The van der Waals surface area contributed by atoms with Crippen molar-refractivity contribution in [2.75, 3.05) is 6.61 Å². The minimum absolute atomic E-state index is 0.166. The summed E-state index contributed by atoms with van der Waals surface area (Å²) in [6, 6.07) is 4.35. The summed E-state index contributed by atoms with van der Waals surface area (Å²) in [4.78, 5) is 0. The minimum atomic E-state index is 0.166. The summed E-state index contributed by atoms with van der Waals surface area (Å²) in [7, 11) is 0. The molecule has 1 aromatic rings. The van der Waals surface area contributed by atoms with Crippen LogP contribution in [0.3, 0.4) is 0 Å². The summed E-state index contributed by atoms with van der Waals surface area (Å²) >= 11 is 7.15. The fourth-order valence-corrected chi connectivity index (χ4v) is 3.45. The fraction of sp³-hybridized carbons (Fsp3) is 0.600. The van der Waals surface area contributed by atoms with Crippen LogP contribution in [0.4, 0.5) is 0 Å². The lowest BCUT2D eigenvalue weighted by atomic mass is 10.1. The number of hydrogen-bond acceptors (Lipinski definition) is 2. The van der Waals surface area contributed by atoms with Gasteiger partial charge in [-0.15, -0.1) is 0 Å². The number of ether oxygens (including phenoxy) is 1. The Morgan fingerprint density at radius 3 is 2.32 bits per heavy atom. The van der Waals surface area contributed by atoms with E-state index in [4.69, 9.17) is 10.5 Å². The average molecular weight is 393 g/mol. The van der Waals surface area contributed by atoms with Gasteiger partial charge >= 0.3 is 0 Å². The molecule has 108 valence electrons. The molecule has 0 heterocycles. The first-order chi connectivity index (χ1) is 9.04. The van der Waals surface area contributed by atoms with Gasteiger partial charge in [-0.2, -0.15) is 0 Å². The molecule has 0 bridgehead atoms. The first-order valence-corrected chi connectivity index (χ1v) is 8.49. The molecule has 1 atom stereocenters. The summed E-state index contributed by atoms with van der Waals surface area (Å²) < 4.78 is 7.84. The standard InChI is InChI=1S/C15H23Br2NO/c1-3-4-5-6-7-19-15-13(16)9-12(8-11(2)18)10-14(15)17/h9-11H,3-8,18H2,1-2H3. The second kappa shape index (κ2) is 8.98. The van der Waals surface area contributed by atoms with Crippen molar-refractivity contribution >= 4 is 31.9 Å².